The third kappa shape index (κ3) is 3.93. The van der Waals surface area contributed by atoms with E-state index in [1.807, 2.05) is 19.1 Å². The summed E-state index contributed by atoms with van der Waals surface area (Å²) in [6.45, 7) is 2.72. The molecule has 0 saturated carbocycles. The summed E-state index contributed by atoms with van der Waals surface area (Å²) in [5.41, 5.74) is 1.88. The van der Waals surface area contributed by atoms with Gasteiger partial charge in [0, 0.05) is 25.2 Å². The summed E-state index contributed by atoms with van der Waals surface area (Å²) < 4.78 is 24.1. The first-order valence-electron chi connectivity index (χ1n) is 9.05. The first-order chi connectivity index (χ1) is 13.5. The average molecular weight is 386 g/mol. The van der Waals surface area contributed by atoms with Crippen molar-refractivity contribution in [3.63, 3.8) is 0 Å². The summed E-state index contributed by atoms with van der Waals surface area (Å²) >= 11 is 0. The van der Waals surface area contributed by atoms with Crippen LogP contribution in [0.25, 0.3) is 0 Å². The van der Waals surface area contributed by atoms with E-state index in [2.05, 4.69) is 5.32 Å². The Hall–Kier alpha value is -3.09. The van der Waals surface area contributed by atoms with Gasteiger partial charge in [0.2, 0.25) is 11.8 Å². The number of rotatable bonds is 6. The number of amides is 2. The van der Waals surface area contributed by atoms with Crippen LogP contribution < -0.4 is 14.8 Å². The van der Waals surface area contributed by atoms with Crippen LogP contribution in [0.15, 0.2) is 36.4 Å². The fourth-order valence-corrected chi connectivity index (χ4v) is 3.42. The van der Waals surface area contributed by atoms with E-state index >= 15 is 0 Å². The number of hydrogen-bond acceptors (Lipinski definition) is 4. The third-order valence-electron chi connectivity index (χ3n) is 4.87. The molecule has 1 heterocycles. The lowest BCUT2D eigenvalue weighted by Gasteiger charge is -2.30. The Morgan fingerprint density at radius 1 is 1.18 bits per heavy atom. The van der Waals surface area contributed by atoms with Gasteiger partial charge in [-0.2, -0.15) is 0 Å². The second-order valence-electron chi connectivity index (χ2n) is 6.58. The average Bonchev–Trinajstić information content (AvgIpc) is 2.70. The molecular weight excluding hydrogens is 363 g/mol. The highest BCUT2D eigenvalue weighted by atomic mass is 19.1. The zero-order chi connectivity index (χ0) is 20.3. The van der Waals surface area contributed by atoms with Crippen LogP contribution in [-0.2, 0) is 16.1 Å². The van der Waals surface area contributed by atoms with E-state index < -0.39 is 11.7 Å². The number of nitrogens with zero attached hydrogens (tertiary/aromatic N) is 1. The number of nitrogens with one attached hydrogen (secondary N) is 1. The number of carbonyl (C=O) groups is 2. The smallest absolute Gasteiger partial charge is 0.231 e. The zero-order valence-corrected chi connectivity index (χ0v) is 16.1. The fraction of sp³-hybridized carbons (Fsp3) is 0.333. The largest absolute Gasteiger partial charge is 0.493 e. The molecule has 28 heavy (non-hydrogen) atoms. The van der Waals surface area contributed by atoms with Crippen molar-refractivity contribution in [1.29, 1.82) is 0 Å². The number of methoxy groups -OCH3 is 2. The van der Waals surface area contributed by atoms with Crippen LogP contribution in [0, 0.1) is 5.82 Å². The van der Waals surface area contributed by atoms with Crippen molar-refractivity contribution in [2.24, 2.45) is 0 Å². The van der Waals surface area contributed by atoms with Gasteiger partial charge in [-0.05, 0) is 42.3 Å². The maximum Gasteiger partial charge on any atom is 0.231 e. The van der Waals surface area contributed by atoms with Gasteiger partial charge in [0.15, 0.2) is 11.5 Å². The summed E-state index contributed by atoms with van der Waals surface area (Å²) in [6, 6.07) is 9.61. The summed E-state index contributed by atoms with van der Waals surface area (Å²) in [5.74, 6) is -0.352. The van der Waals surface area contributed by atoms with Crippen LogP contribution in [0.5, 0.6) is 11.5 Å². The number of carbonyl (C=O) groups excluding carboxylic acids is 2. The highest BCUT2D eigenvalue weighted by Gasteiger charge is 2.33. The van der Waals surface area contributed by atoms with E-state index in [0.717, 1.165) is 5.56 Å². The van der Waals surface area contributed by atoms with Crippen LogP contribution in [0.2, 0.25) is 0 Å². The Bertz CT molecular complexity index is 900. The number of ether oxygens (including phenoxy) is 2. The van der Waals surface area contributed by atoms with E-state index in [1.54, 1.807) is 31.3 Å². The lowest BCUT2D eigenvalue weighted by Crippen LogP contribution is -2.38. The van der Waals surface area contributed by atoms with Crippen molar-refractivity contribution in [1.82, 2.24) is 4.90 Å². The minimum atomic E-state index is -0.635. The van der Waals surface area contributed by atoms with E-state index in [4.69, 9.17) is 9.47 Å². The van der Waals surface area contributed by atoms with E-state index in [0.29, 0.717) is 35.8 Å². The number of halogens is 1. The lowest BCUT2D eigenvalue weighted by molar-refractivity contribution is -0.135. The molecule has 0 bridgehead atoms. The maximum absolute atomic E-state index is 13.5. The Morgan fingerprint density at radius 2 is 1.93 bits per heavy atom. The van der Waals surface area contributed by atoms with Gasteiger partial charge >= 0.3 is 0 Å². The summed E-state index contributed by atoms with van der Waals surface area (Å²) in [7, 11) is 3.12. The number of likely N-dealkylation sites (N-methyl/N-ethyl adjacent to an activating group) is 1. The van der Waals surface area contributed by atoms with Crippen molar-refractivity contribution in [2.45, 2.75) is 25.8 Å². The summed E-state index contributed by atoms with van der Waals surface area (Å²) in [6.07, 6.45) is 0.0416. The molecule has 7 heteroatoms. The Labute approximate surface area is 163 Å². The van der Waals surface area contributed by atoms with Gasteiger partial charge in [0.25, 0.3) is 0 Å². The fourth-order valence-electron chi connectivity index (χ4n) is 3.42. The molecule has 148 valence electrons. The van der Waals surface area contributed by atoms with E-state index in [-0.39, 0.29) is 18.2 Å². The number of anilines is 1. The molecule has 1 N–H and O–H groups in total. The molecule has 0 unspecified atom stereocenters. The highest BCUT2D eigenvalue weighted by Crippen LogP contribution is 2.35. The van der Waals surface area contributed by atoms with Gasteiger partial charge in [-0.1, -0.05) is 12.1 Å². The topological polar surface area (TPSA) is 67.9 Å². The molecule has 0 saturated heterocycles. The molecule has 6 nitrogen and oxygen atoms in total. The summed E-state index contributed by atoms with van der Waals surface area (Å²) in [5, 5.41) is 2.64. The van der Waals surface area contributed by atoms with Gasteiger partial charge in [0.1, 0.15) is 5.82 Å². The van der Waals surface area contributed by atoms with Gasteiger partial charge in [-0.3, -0.25) is 9.59 Å². The molecule has 3 rings (SSSR count). The van der Waals surface area contributed by atoms with Gasteiger partial charge in [0.05, 0.1) is 20.1 Å². The monoisotopic (exact) mass is 386 g/mol. The maximum atomic E-state index is 13.5. The molecule has 0 aliphatic carbocycles. The minimum Gasteiger partial charge on any atom is -0.493 e. The molecule has 2 amide bonds. The molecule has 1 aliphatic heterocycles. The molecular formula is C21H23FN2O4. The molecule has 2 aromatic carbocycles. The van der Waals surface area contributed by atoms with E-state index in [1.165, 1.54) is 12.1 Å². The lowest BCUT2D eigenvalue weighted by atomic mass is 9.89. The highest BCUT2D eigenvalue weighted by molar-refractivity contribution is 6.01. The zero-order valence-electron chi connectivity index (χ0n) is 16.1. The molecule has 0 spiro atoms. The third-order valence-corrected chi connectivity index (χ3v) is 4.87. The van der Waals surface area contributed by atoms with Crippen LogP contribution in [0.4, 0.5) is 10.1 Å². The van der Waals surface area contributed by atoms with Crippen LogP contribution in [0.1, 0.15) is 30.4 Å². The number of fused-ring (bicyclic) bond motifs is 1. The number of hydrogen-bond donors (Lipinski definition) is 1. The molecule has 0 fully saturated rings. The normalized spacial score (nSPS) is 15.4. The van der Waals surface area contributed by atoms with Crippen molar-refractivity contribution in [3.05, 3.63) is 53.3 Å². The Morgan fingerprint density at radius 3 is 2.61 bits per heavy atom. The van der Waals surface area contributed by atoms with Crippen molar-refractivity contribution < 1.29 is 23.5 Å². The van der Waals surface area contributed by atoms with Crippen molar-refractivity contribution in [3.8, 4) is 11.5 Å². The summed E-state index contributed by atoms with van der Waals surface area (Å²) in [4.78, 5) is 26.9. The second-order valence-corrected chi connectivity index (χ2v) is 6.58. The molecule has 0 aromatic heterocycles. The van der Waals surface area contributed by atoms with Crippen molar-refractivity contribution in [2.75, 3.05) is 26.1 Å². The first kappa shape index (κ1) is 19.7. The molecule has 1 aliphatic rings. The minimum absolute atomic E-state index is 0.0416. The van der Waals surface area contributed by atoms with Crippen LogP contribution >= 0.6 is 0 Å². The number of benzene rings is 2. The molecule has 2 aromatic rings. The van der Waals surface area contributed by atoms with Crippen molar-refractivity contribution >= 4 is 17.5 Å². The molecule has 0 radical (unpaired) electrons. The quantitative estimate of drug-likeness (QED) is 0.827. The predicted molar refractivity (Wildman–Crippen MR) is 103 cm³/mol. The Kier molecular flexibility index (Phi) is 5.82. The van der Waals surface area contributed by atoms with Gasteiger partial charge in [-0.15, -0.1) is 0 Å². The Balaban J connectivity index is 1.85. The standard InChI is InChI=1S/C21H23FN2O4/c1-4-24(12-13-5-8-18(27-2)19(9-13)28-3)21(26)16-11-20(25)23-17-10-14(22)6-7-15(16)17/h5-10,16H,4,11-12H2,1-3H3,(H,23,25)/t16-/m0/s1. The van der Waals surface area contributed by atoms with Gasteiger partial charge < -0.3 is 19.7 Å². The van der Waals surface area contributed by atoms with E-state index in [9.17, 15) is 14.0 Å². The SMILES string of the molecule is CCN(Cc1ccc(OC)c(OC)c1)C(=O)[C@H]1CC(=O)Nc2cc(F)ccc21. The van der Waals surface area contributed by atoms with Crippen LogP contribution in [-0.4, -0.2) is 37.5 Å². The molecule has 1 atom stereocenters. The van der Waals surface area contributed by atoms with Gasteiger partial charge in [-0.25, -0.2) is 4.39 Å². The van der Waals surface area contributed by atoms with Crippen LogP contribution in [0.3, 0.4) is 0 Å². The first-order valence-corrected chi connectivity index (χ1v) is 9.05. The predicted octanol–water partition coefficient (Wildman–Crippen LogP) is 3.32. The second kappa shape index (κ2) is 8.29.